The average molecular weight is 184 g/mol. The molecule has 1 aromatic heterocycles. The zero-order chi connectivity index (χ0) is 9.26. The van der Waals surface area contributed by atoms with Gasteiger partial charge in [0.05, 0.1) is 6.54 Å². The number of halogens is 1. The number of aliphatic hydroxyl groups is 1. The van der Waals surface area contributed by atoms with Crippen LogP contribution in [0.15, 0.2) is 12.4 Å². The van der Waals surface area contributed by atoms with Crippen molar-refractivity contribution in [3.8, 4) is 0 Å². The van der Waals surface area contributed by atoms with Gasteiger partial charge in [0.15, 0.2) is 0 Å². The Hall–Kier alpha value is -0.900. The fourth-order valence-corrected chi connectivity index (χ4v) is 1.45. The first-order valence-electron chi connectivity index (χ1n) is 4.56. The van der Waals surface area contributed by atoms with Crippen LogP contribution in [0.2, 0.25) is 0 Å². The highest BCUT2D eigenvalue weighted by atomic mass is 19.1. The van der Waals surface area contributed by atoms with Crippen molar-refractivity contribution in [2.75, 3.05) is 6.67 Å². The molecule has 4 heteroatoms. The topological polar surface area (TPSA) is 38.0 Å². The minimum atomic E-state index is -0.897. The van der Waals surface area contributed by atoms with Gasteiger partial charge in [0, 0.05) is 18.3 Å². The van der Waals surface area contributed by atoms with Gasteiger partial charge < -0.3 is 9.67 Å². The summed E-state index contributed by atoms with van der Waals surface area (Å²) in [6, 6.07) is 0. The van der Waals surface area contributed by atoms with Gasteiger partial charge >= 0.3 is 0 Å². The van der Waals surface area contributed by atoms with Gasteiger partial charge in [0.2, 0.25) is 0 Å². The summed E-state index contributed by atoms with van der Waals surface area (Å²) in [5, 5.41) is 9.13. The first kappa shape index (κ1) is 8.69. The molecule has 0 bridgehead atoms. The monoisotopic (exact) mass is 184 g/mol. The molecule has 1 heterocycles. The summed E-state index contributed by atoms with van der Waals surface area (Å²) in [6.45, 7) is -0.370. The maximum absolute atomic E-state index is 12.0. The summed E-state index contributed by atoms with van der Waals surface area (Å²) in [4.78, 5) is 4.19. The minimum absolute atomic E-state index is 0.322. The smallest absolute Gasteiger partial charge is 0.117 e. The molecular formula is C9H13FN2O. The van der Waals surface area contributed by atoms with Crippen LogP contribution in [0.25, 0.3) is 0 Å². The molecule has 1 aromatic rings. The van der Waals surface area contributed by atoms with Crippen LogP contribution in [-0.4, -0.2) is 27.4 Å². The van der Waals surface area contributed by atoms with Crippen LogP contribution >= 0.6 is 0 Å². The Bertz CT molecular complexity index is 283. The van der Waals surface area contributed by atoms with Crippen molar-refractivity contribution in [1.29, 1.82) is 0 Å². The third-order valence-corrected chi connectivity index (χ3v) is 2.28. The number of hydrogen-bond acceptors (Lipinski definition) is 2. The summed E-state index contributed by atoms with van der Waals surface area (Å²) in [7, 11) is 0. The lowest BCUT2D eigenvalue weighted by molar-refractivity contribution is 0.121. The second kappa shape index (κ2) is 3.46. The third kappa shape index (κ3) is 1.88. The predicted octanol–water partition coefficient (Wildman–Crippen LogP) is 1.09. The molecule has 0 amide bonds. The molecule has 1 N–H and O–H groups in total. The van der Waals surface area contributed by atoms with Crippen molar-refractivity contribution in [3.63, 3.8) is 0 Å². The molecular weight excluding hydrogens is 171 g/mol. The predicted molar refractivity (Wildman–Crippen MR) is 46.2 cm³/mol. The van der Waals surface area contributed by atoms with E-state index < -0.39 is 12.8 Å². The number of alkyl halides is 1. The lowest BCUT2D eigenvalue weighted by Gasteiger charge is -2.09. The van der Waals surface area contributed by atoms with E-state index in [0.29, 0.717) is 12.5 Å². The number of hydrogen-bond donors (Lipinski definition) is 1. The first-order chi connectivity index (χ1) is 6.31. The van der Waals surface area contributed by atoms with Crippen LogP contribution in [-0.2, 0) is 6.54 Å². The Balaban J connectivity index is 2.05. The van der Waals surface area contributed by atoms with E-state index in [-0.39, 0.29) is 0 Å². The van der Waals surface area contributed by atoms with Crippen LogP contribution in [0.4, 0.5) is 4.39 Å². The second-order valence-corrected chi connectivity index (χ2v) is 3.52. The fourth-order valence-electron chi connectivity index (χ4n) is 1.45. The molecule has 1 unspecified atom stereocenters. The molecule has 13 heavy (non-hydrogen) atoms. The second-order valence-electron chi connectivity index (χ2n) is 3.52. The highest BCUT2D eigenvalue weighted by Crippen LogP contribution is 2.38. The van der Waals surface area contributed by atoms with E-state index in [2.05, 4.69) is 4.98 Å². The molecule has 1 atom stereocenters. The van der Waals surface area contributed by atoms with E-state index >= 15 is 0 Å². The zero-order valence-electron chi connectivity index (χ0n) is 7.36. The Labute approximate surface area is 76.2 Å². The number of nitrogens with zero attached hydrogens (tertiary/aromatic N) is 2. The molecule has 0 aliphatic heterocycles. The van der Waals surface area contributed by atoms with E-state index in [0.717, 1.165) is 5.82 Å². The van der Waals surface area contributed by atoms with E-state index in [1.807, 2.05) is 4.57 Å². The van der Waals surface area contributed by atoms with Crippen molar-refractivity contribution < 1.29 is 9.50 Å². The molecule has 0 saturated heterocycles. The van der Waals surface area contributed by atoms with E-state index in [4.69, 9.17) is 5.11 Å². The fraction of sp³-hybridized carbons (Fsp3) is 0.667. The molecule has 3 nitrogen and oxygen atoms in total. The largest absolute Gasteiger partial charge is 0.389 e. The number of imidazole rings is 1. The van der Waals surface area contributed by atoms with Crippen molar-refractivity contribution in [1.82, 2.24) is 9.55 Å². The molecule has 0 spiro atoms. The normalized spacial score (nSPS) is 18.9. The van der Waals surface area contributed by atoms with Crippen molar-refractivity contribution in [2.24, 2.45) is 0 Å². The van der Waals surface area contributed by atoms with Gasteiger partial charge in [-0.25, -0.2) is 9.37 Å². The van der Waals surface area contributed by atoms with E-state index in [1.54, 1.807) is 12.4 Å². The summed E-state index contributed by atoms with van der Waals surface area (Å²) < 4.78 is 13.9. The van der Waals surface area contributed by atoms with Gasteiger partial charge in [-0.05, 0) is 12.8 Å². The Kier molecular flexibility index (Phi) is 2.31. The van der Waals surface area contributed by atoms with Gasteiger partial charge in [-0.1, -0.05) is 0 Å². The van der Waals surface area contributed by atoms with Crippen LogP contribution in [0.5, 0.6) is 0 Å². The molecule has 1 fully saturated rings. The Morgan fingerprint density at radius 3 is 3.08 bits per heavy atom. The third-order valence-electron chi connectivity index (χ3n) is 2.28. The number of aromatic nitrogens is 2. The van der Waals surface area contributed by atoms with Gasteiger partial charge in [-0.15, -0.1) is 0 Å². The summed E-state index contributed by atoms with van der Waals surface area (Å²) in [5.74, 6) is 1.54. The molecule has 0 radical (unpaired) electrons. The average Bonchev–Trinajstić information content (AvgIpc) is 2.88. The summed E-state index contributed by atoms with van der Waals surface area (Å²) >= 11 is 0. The zero-order valence-corrected chi connectivity index (χ0v) is 7.36. The van der Waals surface area contributed by atoms with Crippen LogP contribution in [0.1, 0.15) is 24.6 Å². The SMILES string of the molecule is OC(CF)Cn1ccnc1C1CC1. The van der Waals surface area contributed by atoms with Crippen molar-refractivity contribution >= 4 is 0 Å². The lowest BCUT2D eigenvalue weighted by Crippen LogP contribution is -2.18. The Morgan fingerprint density at radius 2 is 2.46 bits per heavy atom. The molecule has 0 aromatic carbocycles. The molecule has 1 aliphatic carbocycles. The minimum Gasteiger partial charge on any atom is -0.389 e. The highest BCUT2D eigenvalue weighted by molar-refractivity contribution is 5.07. The maximum Gasteiger partial charge on any atom is 0.117 e. The molecule has 72 valence electrons. The van der Waals surface area contributed by atoms with Crippen LogP contribution in [0, 0.1) is 0 Å². The summed E-state index contributed by atoms with van der Waals surface area (Å²) in [5.41, 5.74) is 0. The van der Waals surface area contributed by atoms with Crippen molar-refractivity contribution in [2.45, 2.75) is 31.4 Å². The number of aliphatic hydroxyl groups excluding tert-OH is 1. The highest BCUT2D eigenvalue weighted by Gasteiger charge is 2.28. The van der Waals surface area contributed by atoms with Gasteiger partial charge in [0.1, 0.15) is 18.6 Å². The maximum atomic E-state index is 12.0. The van der Waals surface area contributed by atoms with Gasteiger partial charge in [-0.3, -0.25) is 0 Å². The van der Waals surface area contributed by atoms with Crippen LogP contribution < -0.4 is 0 Å². The van der Waals surface area contributed by atoms with Crippen LogP contribution in [0.3, 0.4) is 0 Å². The molecule has 1 saturated carbocycles. The lowest BCUT2D eigenvalue weighted by atomic mass is 10.3. The van der Waals surface area contributed by atoms with E-state index in [9.17, 15) is 4.39 Å². The molecule has 2 rings (SSSR count). The van der Waals surface area contributed by atoms with Crippen molar-refractivity contribution in [3.05, 3.63) is 18.2 Å². The quantitative estimate of drug-likeness (QED) is 0.760. The molecule has 1 aliphatic rings. The standard InChI is InChI=1S/C9H13FN2O/c10-5-8(13)6-12-4-3-11-9(12)7-1-2-7/h3-4,7-8,13H,1-2,5-6H2. The summed E-state index contributed by atoms with van der Waals surface area (Å²) in [6.07, 6.45) is 4.95. The first-order valence-corrected chi connectivity index (χ1v) is 4.56. The number of rotatable bonds is 4. The Morgan fingerprint density at radius 1 is 1.69 bits per heavy atom. The van der Waals surface area contributed by atoms with E-state index in [1.165, 1.54) is 12.8 Å². The van der Waals surface area contributed by atoms with Gasteiger partial charge in [0.25, 0.3) is 0 Å². The van der Waals surface area contributed by atoms with Gasteiger partial charge in [-0.2, -0.15) is 0 Å².